The molecule has 0 unspecified atom stereocenters. The zero-order valence-electron chi connectivity index (χ0n) is 28.8. The van der Waals surface area contributed by atoms with E-state index in [0.717, 1.165) is 27.8 Å². The molecule has 4 atom stereocenters. The Morgan fingerprint density at radius 2 is 1.62 bits per heavy atom. The van der Waals surface area contributed by atoms with Crippen molar-refractivity contribution in [1.29, 1.82) is 0 Å². The van der Waals surface area contributed by atoms with Gasteiger partial charge in [0, 0.05) is 31.8 Å². The summed E-state index contributed by atoms with van der Waals surface area (Å²) in [4.78, 5) is 44.6. The highest BCUT2D eigenvalue weighted by Crippen LogP contribution is 2.32. The molecular formula is C39H45N5O6. The molecule has 1 aliphatic rings. The van der Waals surface area contributed by atoms with Crippen LogP contribution in [0.15, 0.2) is 103 Å². The lowest BCUT2D eigenvalue weighted by Gasteiger charge is -2.37. The van der Waals surface area contributed by atoms with Crippen molar-refractivity contribution in [2.45, 2.75) is 63.9 Å². The summed E-state index contributed by atoms with van der Waals surface area (Å²) in [6, 6.07) is 26.3. The van der Waals surface area contributed by atoms with Crippen LogP contribution in [0.5, 0.6) is 0 Å². The number of nitrogens with one attached hydrogen (secondary N) is 3. The molecule has 1 aromatic heterocycles. The number of hydrogen-bond donors (Lipinski definition) is 5. The highest BCUT2D eigenvalue weighted by atomic mass is 16.5. The molecule has 3 aromatic carbocycles. The molecule has 50 heavy (non-hydrogen) atoms. The van der Waals surface area contributed by atoms with E-state index in [0.29, 0.717) is 12.0 Å². The van der Waals surface area contributed by atoms with E-state index in [1.54, 1.807) is 33.2 Å². The average Bonchev–Trinajstić information content (AvgIpc) is 3.41. The Hall–Kier alpha value is -5.10. The number of aliphatic hydroxyl groups is 2. The predicted molar refractivity (Wildman–Crippen MR) is 189 cm³/mol. The first-order valence-corrected chi connectivity index (χ1v) is 16.6. The van der Waals surface area contributed by atoms with Crippen molar-refractivity contribution in [3.8, 4) is 11.1 Å². The van der Waals surface area contributed by atoms with Crippen LogP contribution in [0.3, 0.4) is 0 Å². The molecule has 0 fully saturated rings. The van der Waals surface area contributed by atoms with E-state index >= 15 is 0 Å². The van der Waals surface area contributed by atoms with Crippen molar-refractivity contribution in [1.82, 2.24) is 26.1 Å². The van der Waals surface area contributed by atoms with Gasteiger partial charge < -0.3 is 25.6 Å². The van der Waals surface area contributed by atoms with Crippen LogP contribution in [0.25, 0.3) is 11.1 Å². The quantitative estimate of drug-likeness (QED) is 0.140. The van der Waals surface area contributed by atoms with Crippen molar-refractivity contribution >= 4 is 17.9 Å². The van der Waals surface area contributed by atoms with Crippen molar-refractivity contribution in [2.75, 3.05) is 13.7 Å². The minimum absolute atomic E-state index is 0.0838. The van der Waals surface area contributed by atoms with Gasteiger partial charge in [-0.3, -0.25) is 20.0 Å². The first-order chi connectivity index (χ1) is 23.9. The summed E-state index contributed by atoms with van der Waals surface area (Å²) in [5.74, 6) is -1.26. The number of nitrogens with zero attached hydrogens (tertiary/aromatic N) is 2. The molecule has 1 aliphatic carbocycles. The van der Waals surface area contributed by atoms with Gasteiger partial charge in [-0.15, -0.1) is 0 Å². The fraction of sp³-hybridized carbons (Fsp3) is 0.333. The highest BCUT2D eigenvalue weighted by Gasteiger charge is 2.43. The Balaban J connectivity index is 1.48. The largest absolute Gasteiger partial charge is 0.453 e. The van der Waals surface area contributed by atoms with Gasteiger partial charge in [-0.1, -0.05) is 106 Å². The number of rotatable bonds is 12. The number of aromatic nitrogens is 1. The van der Waals surface area contributed by atoms with Gasteiger partial charge in [0.1, 0.15) is 6.04 Å². The molecule has 11 nitrogen and oxygen atoms in total. The number of methoxy groups -OCH3 is 1. The topological polar surface area (TPSA) is 153 Å². The van der Waals surface area contributed by atoms with Crippen LogP contribution in [0, 0.1) is 5.41 Å². The first kappa shape index (κ1) is 36.2. The number of fused-ring (bicyclic) bond motifs is 1. The third-order valence-electron chi connectivity index (χ3n) is 8.87. The summed E-state index contributed by atoms with van der Waals surface area (Å²) in [5.41, 5.74) is 5.17. The molecule has 0 aliphatic heterocycles. The maximum Gasteiger partial charge on any atom is 0.407 e. The number of pyridine rings is 1. The van der Waals surface area contributed by atoms with Crippen molar-refractivity contribution < 1.29 is 29.3 Å². The van der Waals surface area contributed by atoms with Crippen LogP contribution >= 0.6 is 0 Å². The number of hydrogen-bond acceptors (Lipinski definition) is 8. The lowest BCUT2D eigenvalue weighted by atomic mass is 9.86. The molecule has 5 N–H and O–H groups in total. The normalized spacial score (nSPS) is 17.3. The number of carbonyl (C=O) groups is 3. The minimum atomic E-state index is -2.07. The zero-order chi connectivity index (χ0) is 35.9. The lowest BCUT2D eigenvalue weighted by molar-refractivity contribution is -0.147. The van der Waals surface area contributed by atoms with Crippen LogP contribution < -0.4 is 16.1 Å². The second kappa shape index (κ2) is 15.6. The third-order valence-corrected chi connectivity index (χ3v) is 8.87. The maximum atomic E-state index is 14.2. The SMILES string of the molecule is COC(=O)N[C@H](C(=O)NN(Cc1ccc(-c2cccnc2)cc1)C[C@@](O)(Cc1ccccc1)C(=O)N[C@H]1c2ccccc2C[C@H]1O)C(C)(C)C. The molecule has 5 rings (SSSR count). The fourth-order valence-corrected chi connectivity index (χ4v) is 6.24. The minimum Gasteiger partial charge on any atom is -0.453 e. The Morgan fingerprint density at radius 1 is 0.920 bits per heavy atom. The van der Waals surface area contributed by atoms with E-state index in [1.165, 1.54) is 12.1 Å². The molecular weight excluding hydrogens is 634 g/mol. The summed E-state index contributed by atoms with van der Waals surface area (Å²) in [6.45, 7) is 5.19. The Morgan fingerprint density at radius 3 is 2.28 bits per heavy atom. The Labute approximate surface area is 292 Å². The molecule has 0 radical (unpaired) electrons. The Kier molecular flexibility index (Phi) is 11.3. The second-order valence-corrected chi connectivity index (χ2v) is 13.8. The summed E-state index contributed by atoms with van der Waals surface area (Å²) in [5, 5.41) is 30.3. The fourth-order valence-electron chi connectivity index (χ4n) is 6.24. The lowest BCUT2D eigenvalue weighted by Crippen LogP contribution is -2.62. The first-order valence-electron chi connectivity index (χ1n) is 16.6. The second-order valence-electron chi connectivity index (χ2n) is 13.8. The highest BCUT2D eigenvalue weighted by molar-refractivity contribution is 5.87. The molecule has 1 heterocycles. The van der Waals surface area contributed by atoms with Gasteiger partial charge in [0.05, 0.1) is 25.8 Å². The number of benzene rings is 3. The van der Waals surface area contributed by atoms with Crippen LogP contribution in [0.4, 0.5) is 4.79 Å². The summed E-state index contributed by atoms with van der Waals surface area (Å²) >= 11 is 0. The van der Waals surface area contributed by atoms with E-state index in [9.17, 15) is 24.6 Å². The molecule has 4 aromatic rings. The summed E-state index contributed by atoms with van der Waals surface area (Å²) in [7, 11) is 1.22. The number of alkyl carbamates (subject to hydrolysis) is 1. The van der Waals surface area contributed by atoms with Crippen LogP contribution in [0.1, 0.15) is 49.1 Å². The number of ether oxygens (including phenoxy) is 1. The van der Waals surface area contributed by atoms with E-state index in [2.05, 4.69) is 21.0 Å². The monoisotopic (exact) mass is 679 g/mol. The average molecular weight is 680 g/mol. The molecule has 0 bridgehead atoms. The van der Waals surface area contributed by atoms with Crippen molar-refractivity contribution in [3.63, 3.8) is 0 Å². The number of aliphatic hydroxyl groups excluding tert-OH is 1. The molecule has 0 saturated heterocycles. The Bertz CT molecular complexity index is 1760. The summed E-state index contributed by atoms with van der Waals surface area (Å²) in [6.07, 6.45) is 2.12. The van der Waals surface area contributed by atoms with E-state index < -0.39 is 47.1 Å². The zero-order valence-corrected chi connectivity index (χ0v) is 28.8. The molecule has 262 valence electrons. The van der Waals surface area contributed by atoms with Crippen molar-refractivity contribution in [3.05, 3.63) is 126 Å². The van der Waals surface area contributed by atoms with Gasteiger partial charge in [-0.05, 0) is 44.9 Å². The number of amides is 3. The van der Waals surface area contributed by atoms with Crippen molar-refractivity contribution in [2.24, 2.45) is 5.41 Å². The number of hydrazine groups is 1. The van der Waals surface area contributed by atoms with Gasteiger partial charge in [0.25, 0.3) is 11.8 Å². The van der Waals surface area contributed by atoms with Gasteiger partial charge in [0.15, 0.2) is 5.60 Å². The van der Waals surface area contributed by atoms with E-state index in [1.807, 2.05) is 91.0 Å². The number of carbonyl (C=O) groups excluding carboxylic acids is 3. The molecule has 0 spiro atoms. The van der Waals surface area contributed by atoms with Crippen LogP contribution in [0.2, 0.25) is 0 Å². The third kappa shape index (κ3) is 8.92. The standard InChI is InChI=1S/C39H45N5O6/c1-38(2,3)34(42-37(48)50-4)35(46)43-44(24-27-16-18-28(19-17-27)30-14-10-20-40-23-30)25-39(49,22-26-11-6-5-7-12-26)36(47)41-33-31-15-9-8-13-29(31)21-32(33)45/h5-20,23,32-34,45,49H,21-22,24-25H2,1-4H3,(H,41,47)(H,42,48)(H,43,46)/t32-,33+,34-,39+/m1/s1. The van der Waals surface area contributed by atoms with E-state index in [4.69, 9.17) is 4.74 Å². The van der Waals surface area contributed by atoms with Gasteiger partial charge >= 0.3 is 6.09 Å². The molecule has 0 saturated carbocycles. The van der Waals surface area contributed by atoms with E-state index in [-0.39, 0.29) is 19.5 Å². The maximum absolute atomic E-state index is 14.2. The van der Waals surface area contributed by atoms with Gasteiger partial charge in [0.2, 0.25) is 0 Å². The predicted octanol–water partition coefficient (Wildman–Crippen LogP) is 4.10. The summed E-state index contributed by atoms with van der Waals surface area (Å²) < 4.78 is 4.79. The van der Waals surface area contributed by atoms with Gasteiger partial charge in [-0.25, -0.2) is 9.80 Å². The van der Waals surface area contributed by atoms with Crippen LogP contribution in [-0.2, 0) is 33.7 Å². The smallest absolute Gasteiger partial charge is 0.407 e. The van der Waals surface area contributed by atoms with Gasteiger partial charge in [-0.2, -0.15) is 0 Å². The molecule has 3 amide bonds. The van der Waals surface area contributed by atoms with Crippen LogP contribution in [-0.4, -0.2) is 69.5 Å². The molecule has 11 heteroatoms.